The van der Waals surface area contributed by atoms with E-state index in [0.717, 1.165) is 54.7 Å². The number of hydrogen-bond acceptors (Lipinski definition) is 5. The molecule has 2 aromatic heterocycles. The number of ether oxygens (including phenoxy) is 1. The lowest BCUT2D eigenvalue weighted by molar-refractivity contribution is -0.141. The zero-order valence-corrected chi connectivity index (χ0v) is 15.6. The number of imidazole rings is 1. The van der Waals surface area contributed by atoms with E-state index in [4.69, 9.17) is 4.74 Å². The maximum atomic E-state index is 12.9. The molecule has 0 N–H and O–H groups in total. The normalized spacial score (nSPS) is 17.2. The standard InChI is InChI=1S/C19H17F3N4OS/c20-19(21,22)16-8-9-23-17(25-16)28-18-24-11-15(13-5-2-1-3-6-13)26(18)12-14-7-4-10-27-14/h1-3,5-6,8-9,11,14H,4,7,10,12H2/t14-/m1/s1. The summed E-state index contributed by atoms with van der Waals surface area (Å²) in [5, 5.41) is 0.544. The Balaban J connectivity index is 1.67. The minimum atomic E-state index is -4.51. The second-order valence-corrected chi connectivity index (χ2v) is 7.30. The van der Waals surface area contributed by atoms with E-state index in [1.165, 1.54) is 0 Å². The zero-order chi connectivity index (χ0) is 19.6. The van der Waals surface area contributed by atoms with Crippen LogP contribution in [-0.4, -0.2) is 32.2 Å². The Labute approximate surface area is 164 Å². The molecule has 0 radical (unpaired) electrons. The van der Waals surface area contributed by atoms with Gasteiger partial charge in [0, 0.05) is 12.8 Å². The third-order valence-electron chi connectivity index (χ3n) is 4.41. The molecule has 0 spiro atoms. The zero-order valence-electron chi connectivity index (χ0n) is 14.8. The molecule has 0 bridgehead atoms. The number of hydrogen-bond donors (Lipinski definition) is 0. The molecular formula is C19H17F3N4OS. The molecule has 0 amide bonds. The van der Waals surface area contributed by atoms with E-state index >= 15 is 0 Å². The van der Waals surface area contributed by atoms with Crippen LogP contribution in [0.4, 0.5) is 13.2 Å². The highest BCUT2D eigenvalue weighted by molar-refractivity contribution is 7.99. The van der Waals surface area contributed by atoms with Crippen molar-refractivity contribution in [1.29, 1.82) is 0 Å². The van der Waals surface area contributed by atoms with Crippen LogP contribution in [0.25, 0.3) is 11.3 Å². The van der Waals surface area contributed by atoms with E-state index in [-0.39, 0.29) is 11.3 Å². The third kappa shape index (κ3) is 4.20. The lowest BCUT2D eigenvalue weighted by Crippen LogP contribution is -2.16. The Hall–Kier alpha value is -2.39. The van der Waals surface area contributed by atoms with Crippen molar-refractivity contribution >= 4 is 11.8 Å². The van der Waals surface area contributed by atoms with Crippen LogP contribution in [0.5, 0.6) is 0 Å². The summed E-state index contributed by atoms with van der Waals surface area (Å²) >= 11 is 1.02. The van der Waals surface area contributed by atoms with Crippen LogP contribution < -0.4 is 0 Å². The molecule has 0 aliphatic carbocycles. The van der Waals surface area contributed by atoms with Crippen molar-refractivity contribution < 1.29 is 17.9 Å². The van der Waals surface area contributed by atoms with Crippen LogP contribution in [0.1, 0.15) is 18.5 Å². The Morgan fingerprint density at radius 2 is 1.96 bits per heavy atom. The van der Waals surface area contributed by atoms with Crippen molar-refractivity contribution in [3.63, 3.8) is 0 Å². The first-order valence-corrected chi connectivity index (χ1v) is 9.63. The third-order valence-corrected chi connectivity index (χ3v) is 5.29. The summed E-state index contributed by atoms with van der Waals surface area (Å²) in [6, 6.07) is 10.6. The number of alkyl halides is 3. The number of nitrogens with zero attached hydrogens (tertiary/aromatic N) is 4. The smallest absolute Gasteiger partial charge is 0.376 e. The summed E-state index contributed by atoms with van der Waals surface area (Å²) in [5.41, 5.74) is 0.890. The predicted molar refractivity (Wildman–Crippen MR) is 97.8 cm³/mol. The van der Waals surface area contributed by atoms with E-state index in [1.807, 2.05) is 34.9 Å². The Kier molecular flexibility index (Phi) is 5.36. The van der Waals surface area contributed by atoms with Gasteiger partial charge in [-0.2, -0.15) is 13.2 Å². The first kappa shape index (κ1) is 18.9. The summed E-state index contributed by atoms with van der Waals surface area (Å²) in [4.78, 5) is 12.0. The van der Waals surface area contributed by atoms with Gasteiger partial charge in [-0.1, -0.05) is 30.3 Å². The summed E-state index contributed by atoms with van der Waals surface area (Å²) in [5.74, 6) is 0. The van der Waals surface area contributed by atoms with Gasteiger partial charge in [-0.25, -0.2) is 15.0 Å². The molecule has 4 rings (SSSR count). The van der Waals surface area contributed by atoms with Crippen molar-refractivity contribution in [1.82, 2.24) is 19.5 Å². The average molecular weight is 406 g/mol. The van der Waals surface area contributed by atoms with Crippen molar-refractivity contribution in [2.45, 2.75) is 42.0 Å². The first-order valence-electron chi connectivity index (χ1n) is 8.81. The SMILES string of the molecule is FC(F)(F)c1ccnc(Sc2ncc(-c3ccccc3)n2C[C@H]2CCCO2)n1. The molecule has 1 aliphatic rings. The first-order chi connectivity index (χ1) is 13.5. The monoisotopic (exact) mass is 406 g/mol. The fourth-order valence-electron chi connectivity index (χ4n) is 3.08. The number of benzene rings is 1. The molecule has 1 aliphatic heterocycles. The number of halogens is 3. The largest absolute Gasteiger partial charge is 0.433 e. The van der Waals surface area contributed by atoms with E-state index < -0.39 is 11.9 Å². The second kappa shape index (κ2) is 7.92. The van der Waals surface area contributed by atoms with Gasteiger partial charge in [-0.3, -0.25) is 0 Å². The van der Waals surface area contributed by atoms with Gasteiger partial charge in [0.2, 0.25) is 0 Å². The lowest BCUT2D eigenvalue weighted by Gasteiger charge is -2.16. The predicted octanol–water partition coefficient (Wildman–Crippen LogP) is 4.69. The van der Waals surface area contributed by atoms with Crippen molar-refractivity contribution in [3.8, 4) is 11.3 Å². The molecule has 9 heteroatoms. The van der Waals surface area contributed by atoms with E-state index in [1.54, 1.807) is 6.20 Å². The lowest BCUT2D eigenvalue weighted by atomic mass is 10.1. The fourth-order valence-corrected chi connectivity index (χ4v) is 3.89. The molecule has 0 saturated carbocycles. The van der Waals surface area contributed by atoms with Crippen LogP contribution >= 0.6 is 11.8 Å². The number of aromatic nitrogens is 4. The van der Waals surface area contributed by atoms with Crippen LogP contribution in [0.3, 0.4) is 0 Å². The molecule has 3 heterocycles. The molecule has 1 saturated heterocycles. The molecule has 28 heavy (non-hydrogen) atoms. The Morgan fingerprint density at radius 3 is 2.68 bits per heavy atom. The quantitative estimate of drug-likeness (QED) is 0.576. The van der Waals surface area contributed by atoms with Gasteiger partial charge in [-0.05, 0) is 36.2 Å². The molecule has 5 nitrogen and oxygen atoms in total. The van der Waals surface area contributed by atoms with Gasteiger partial charge in [0.15, 0.2) is 10.3 Å². The Bertz CT molecular complexity index is 940. The van der Waals surface area contributed by atoms with Gasteiger partial charge in [0.05, 0.1) is 24.5 Å². The Morgan fingerprint density at radius 1 is 1.14 bits per heavy atom. The molecule has 1 fully saturated rings. The highest BCUT2D eigenvalue weighted by Crippen LogP contribution is 2.33. The van der Waals surface area contributed by atoms with Gasteiger partial charge < -0.3 is 9.30 Å². The minimum Gasteiger partial charge on any atom is -0.376 e. The summed E-state index contributed by atoms with van der Waals surface area (Å²) in [6.45, 7) is 1.30. The molecule has 146 valence electrons. The van der Waals surface area contributed by atoms with Crippen molar-refractivity contribution in [3.05, 3.63) is 54.5 Å². The fraction of sp³-hybridized carbons (Fsp3) is 0.316. The molecule has 0 unspecified atom stereocenters. The maximum Gasteiger partial charge on any atom is 0.433 e. The minimum absolute atomic E-state index is 0.00799. The van der Waals surface area contributed by atoms with Crippen molar-refractivity contribution in [2.75, 3.05) is 6.61 Å². The summed E-state index contributed by atoms with van der Waals surface area (Å²) in [6.07, 6.45) is 0.318. The second-order valence-electron chi connectivity index (χ2n) is 6.36. The van der Waals surface area contributed by atoms with Gasteiger partial charge in [0.1, 0.15) is 5.69 Å². The van der Waals surface area contributed by atoms with Crippen molar-refractivity contribution in [2.24, 2.45) is 0 Å². The topological polar surface area (TPSA) is 52.8 Å². The van der Waals surface area contributed by atoms with Gasteiger partial charge >= 0.3 is 6.18 Å². The van der Waals surface area contributed by atoms with E-state index in [0.29, 0.717) is 11.7 Å². The van der Waals surface area contributed by atoms with Crippen LogP contribution in [0.15, 0.2) is 59.1 Å². The summed E-state index contributed by atoms with van der Waals surface area (Å²) < 4.78 is 46.6. The van der Waals surface area contributed by atoms with E-state index in [2.05, 4.69) is 15.0 Å². The van der Waals surface area contributed by atoms with Crippen LogP contribution in [-0.2, 0) is 17.5 Å². The average Bonchev–Trinajstić information content (AvgIpc) is 3.33. The number of rotatable bonds is 5. The van der Waals surface area contributed by atoms with Gasteiger partial charge in [0.25, 0.3) is 0 Å². The van der Waals surface area contributed by atoms with Crippen LogP contribution in [0.2, 0.25) is 0 Å². The summed E-state index contributed by atoms with van der Waals surface area (Å²) in [7, 11) is 0. The van der Waals surface area contributed by atoms with Crippen LogP contribution in [0, 0.1) is 0 Å². The molecule has 1 aromatic carbocycles. The molecule has 1 atom stereocenters. The molecule has 3 aromatic rings. The maximum absolute atomic E-state index is 12.9. The molecular weight excluding hydrogens is 389 g/mol. The van der Waals surface area contributed by atoms with E-state index in [9.17, 15) is 13.2 Å². The highest BCUT2D eigenvalue weighted by Gasteiger charge is 2.33. The van der Waals surface area contributed by atoms with Gasteiger partial charge in [-0.15, -0.1) is 0 Å². The highest BCUT2D eigenvalue weighted by atomic mass is 32.2.